The van der Waals surface area contributed by atoms with Gasteiger partial charge in [-0.1, -0.05) is 20.3 Å². The van der Waals surface area contributed by atoms with Gasteiger partial charge in [0.1, 0.15) is 13.5 Å². The zero-order valence-corrected chi connectivity index (χ0v) is 10.7. The first-order chi connectivity index (χ1) is 8.38. The van der Waals surface area contributed by atoms with Gasteiger partial charge in [0.05, 0.1) is 13.2 Å². The smallest absolute Gasteiger partial charge is 0.328 e. The Morgan fingerprint density at radius 1 is 1.53 bits per heavy atom. The Hall–Kier alpha value is -1.14. The van der Waals surface area contributed by atoms with Crippen molar-refractivity contribution in [3.8, 4) is 0 Å². The normalized spacial score (nSPS) is 18.5. The van der Waals surface area contributed by atoms with Crippen LogP contribution >= 0.6 is 0 Å². The molecule has 0 bridgehead atoms. The van der Waals surface area contributed by atoms with Crippen molar-refractivity contribution in [3.63, 3.8) is 0 Å². The number of esters is 1. The van der Waals surface area contributed by atoms with Crippen molar-refractivity contribution in [1.82, 2.24) is 5.32 Å². The lowest BCUT2D eigenvalue weighted by molar-refractivity contribution is -0.147. The standard InChI is InChI=1S/C11H22N2O4/c1-5-6(2)9(11(16)17-4)13-10(15)8(12)7(3)14/h6-9,14H,5,12H2,1-4H3,(H,13,15)/t6-,7-,8+,9+/m1/s1/i/hD. The van der Waals surface area contributed by atoms with Crippen LogP contribution in [0.3, 0.4) is 0 Å². The average molecular weight is 247 g/mol. The number of aliphatic hydroxyl groups excluding tert-OH is 1. The lowest BCUT2D eigenvalue weighted by Crippen LogP contribution is -2.54. The van der Waals surface area contributed by atoms with E-state index in [0.717, 1.165) is 0 Å². The fourth-order valence-corrected chi connectivity index (χ4v) is 1.26. The molecule has 0 fully saturated rings. The minimum absolute atomic E-state index is 0.0956. The molecule has 6 heteroatoms. The van der Waals surface area contributed by atoms with Crippen molar-refractivity contribution in [2.24, 2.45) is 11.6 Å². The Kier molecular flexibility index (Phi) is 5.93. The Balaban J connectivity index is 4.77. The minimum Gasteiger partial charge on any atom is -0.467 e. The molecule has 6 nitrogen and oxygen atoms in total. The molecule has 4 atom stereocenters. The van der Waals surface area contributed by atoms with Gasteiger partial charge in [-0.05, 0) is 12.8 Å². The molecule has 17 heavy (non-hydrogen) atoms. The minimum atomic E-state index is -1.08. The van der Waals surface area contributed by atoms with E-state index in [4.69, 9.17) is 1.41 Å². The van der Waals surface area contributed by atoms with Crippen molar-refractivity contribution in [3.05, 3.63) is 0 Å². The molecule has 0 aliphatic carbocycles. The van der Waals surface area contributed by atoms with Gasteiger partial charge in [-0.25, -0.2) is 4.79 Å². The van der Waals surface area contributed by atoms with Gasteiger partial charge in [0, 0.05) is 0 Å². The highest BCUT2D eigenvalue weighted by atomic mass is 16.5. The van der Waals surface area contributed by atoms with Crippen LogP contribution in [-0.2, 0) is 14.3 Å². The van der Waals surface area contributed by atoms with Gasteiger partial charge in [-0.3, -0.25) is 4.79 Å². The summed E-state index contributed by atoms with van der Waals surface area (Å²) in [7, 11) is 1.25. The predicted molar refractivity (Wildman–Crippen MR) is 63.1 cm³/mol. The number of methoxy groups -OCH3 is 1. The van der Waals surface area contributed by atoms with Crippen LogP contribution in [0.1, 0.15) is 27.2 Å². The van der Waals surface area contributed by atoms with E-state index in [1.165, 1.54) is 14.0 Å². The molecule has 0 unspecified atom stereocenters. The number of nitrogens with one attached hydrogen (secondary N) is 1. The van der Waals surface area contributed by atoms with Gasteiger partial charge in [0.15, 0.2) is 0 Å². The van der Waals surface area contributed by atoms with Gasteiger partial charge in [0.25, 0.3) is 0 Å². The molecular formula is C11H22N2O4. The van der Waals surface area contributed by atoms with E-state index in [2.05, 4.69) is 10.1 Å². The van der Waals surface area contributed by atoms with Gasteiger partial charge in [-0.15, -0.1) is 0 Å². The van der Waals surface area contributed by atoms with Crippen molar-refractivity contribution in [2.75, 3.05) is 7.11 Å². The Bertz CT molecular complexity index is 286. The number of rotatable bonds is 7. The van der Waals surface area contributed by atoms with Crippen LogP contribution in [0.4, 0.5) is 0 Å². The van der Waals surface area contributed by atoms with E-state index in [1.54, 1.807) is 0 Å². The maximum absolute atomic E-state index is 11.8. The van der Waals surface area contributed by atoms with Gasteiger partial charge in [0.2, 0.25) is 5.91 Å². The highest BCUT2D eigenvalue weighted by Gasteiger charge is 2.29. The molecule has 0 aliphatic heterocycles. The molecule has 0 aromatic carbocycles. The molecule has 4 N–H and O–H groups in total. The Labute approximate surface area is 103 Å². The molecule has 100 valence electrons. The predicted octanol–water partition coefficient (Wildman–Crippen LogP) is -0.602. The number of hydrogen-bond donors (Lipinski definition) is 3. The number of nitrogens with two attached hydrogens (primary N) is 1. The average Bonchev–Trinajstić information content (AvgIpc) is 2.34. The second-order valence-electron chi connectivity index (χ2n) is 4.11. The lowest BCUT2D eigenvalue weighted by atomic mass is 9.98. The third-order valence-electron chi connectivity index (χ3n) is 2.73. The topological polar surface area (TPSA) is 102 Å². The number of ether oxygens (including phenoxy) is 1. The van der Waals surface area contributed by atoms with Crippen molar-refractivity contribution in [2.45, 2.75) is 45.4 Å². The monoisotopic (exact) mass is 247 g/mol. The van der Waals surface area contributed by atoms with Crippen LogP contribution in [0.2, 0.25) is 1.41 Å². The van der Waals surface area contributed by atoms with E-state index < -0.39 is 30.1 Å². The van der Waals surface area contributed by atoms with Gasteiger partial charge >= 0.3 is 5.97 Å². The fourth-order valence-electron chi connectivity index (χ4n) is 1.26. The second-order valence-corrected chi connectivity index (χ2v) is 4.11. The molecule has 0 aromatic heterocycles. The van der Waals surface area contributed by atoms with E-state index in [0.29, 0.717) is 6.42 Å². The molecule has 0 rings (SSSR count). The van der Waals surface area contributed by atoms with Gasteiger partial charge in [-0.2, -0.15) is 0 Å². The van der Waals surface area contributed by atoms with Gasteiger partial charge < -0.3 is 20.9 Å². The maximum atomic E-state index is 11.8. The van der Waals surface area contributed by atoms with E-state index >= 15 is 0 Å². The largest absolute Gasteiger partial charge is 0.467 e. The van der Waals surface area contributed by atoms with Crippen LogP contribution in [0, 0.1) is 5.92 Å². The SMILES string of the molecule is [2H]N[C@H](C(=O)N[C@H](C(=O)OC)[C@H](C)CC)[C@@H](C)O. The molecule has 0 spiro atoms. The van der Waals surface area contributed by atoms with E-state index in [-0.39, 0.29) is 5.92 Å². The summed E-state index contributed by atoms with van der Waals surface area (Å²) in [6, 6.07) is -1.86. The summed E-state index contributed by atoms with van der Waals surface area (Å²) in [5, 5.41) is 11.8. The number of hydrogen-bond acceptors (Lipinski definition) is 5. The first-order valence-electron chi connectivity index (χ1n) is 6.12. The Morgan fingerprint density at radius 3 is 2.47 bits per heavy atom. The summed E-state index contributed by atoms with van der Waals surface area (Å²) in [5.74, 6) is -1.23. The molecule has 0 saturated heterocycles. The highest BCUT2D eigenvalue weighted by Crippen LogP contribution is 2.09. The molecule has 0 aliphatic rings. The van der Waals surface area contributed by atoms with Crippen molar-refractivity contribution >= 4 is 11.9 Å². The third kappa shape index (κ3) is 4.70. The number of aliphatic hydroxyl groups is 1. The molecule has 0 heterocycles. The number of carbonyl (C=O) groups excluding carboxylic acids is 2. The number of amides is 1. The summed E-state index contributed by atoms with van der Waals surface area (Å²) in [6.07, 6.45) is -0.342. The summed E-state index contributed by atoms with van der Waals surface area (Å²) in [4.78, 5) is 23.4. The fraction of sp³-hybridized carbons (Fsp3) is 0.818. The molecular weight excluding hydrogens is 224 g/mol. The highest BCUT2D eigenvalue weighted by molar-refractivity contribution is 5.87. The van der Waals surface area contributed by atoms with Crippen molar-refractivity contribution in [1.29, 1.82) is 0 Å². The van der Waals surface area contributed by atoms with Crippen LogP contribution in [0.25, 0.3) is 0 Å². The summed E-state index contributed by atoms with van der Waals surface area (Å²) in [6.45, 7) is 5.09. The van der Waals surface area contributed by atoms with E-state index in [1.807, 2.05) is 19.6 Å². The first kappa shape index (κ1) is 13.9. The summed E-state index contributed by atoms with van der Waals surface area (Å²) in [5.41, 5.74) is 1.96. The number of carbonyl (C=O) groups is 2. The van der Waals surface area contributed by atoms with E-state index in [9.17, 15) is 14.7 Å². The van der Waals surface area contributed by atoms with Crippen LogP contribution in [0.5, 0.6) is 0 Å². The second kappa shape index (κ2) is 7.24. The summed E-state index contributed by atoms with van der Waals surface area (Å²) < 4.78 is 11.6. The summed E-state index contributed by atoms with van der Waals surface area (Å²) >= 11 is 0. The Morgan fingerprint density at radius 2 is 2.12 bits per heavy atom. The molecule has 0 radical (unpaired) electrons. The maximum Gasteiger partial charge on any atom is 0.328 e. The van der Waals surface area contributed by atoms with Crippen molar-refractivity contribution < 1.29 is 20.8 Å². The molecule has 0 aromatic rings. The quantitative estimate of drug-likeness (QED) is 0.521. The van der Waals surface area contributed by atoms with Crippen LogP contribution in [-0.4, -0.2) is 42.3 Å². The van der Waals surface area contributed by atoms with Crippen LogP contribution < -0.4 is 11.0 Å². The van der Waals surface area contributed by atoms with Crippen LogP contribution in [0.15, 0.2) is 0 Å². The third-order valence-corrected chi connectivity index (χ3v) is 2.73. The lowest BCUT2D eigenvalue weighted by Gasteiger charge is -2.24. The zero-order valence-electron chi connectivity index (χ0n) is 11.7. The molecule has 1 amide bonds. The molecule has 0 saturated carbocycles. The zero-order chi connectivity index (χ0) is 14.3. The first-order valence-corrected chi connectivity index (χ1v) is 5.62.